The van der Waals surface area contributed by atoms with Crippen molar-refractivity contribution >= 4 is 34.7 Å². The molecule has 0 bridgehead atoms. The van der Waals surface area contributed by atoms with Crippen LogP contribution in [0, 0.1) is 0 Å². The first kappa shape index (κ1) is 17.7. The van der Waals surface area contributed by atoms with Crippen LogP contribution in [0.1, 0.15) is 25.0 Å². The van der Waals surface area contributed by atoms with Crippen molar-refractivity contribution in [2.24, 2.45) is 0 Å². The number of aryl methyl sites for hydroxylation is 2. The molecule has 7 heteroatoms. The van der Waals surface area contributed by atoms with Crippen molar-refractivity contribution in [3.8, 4) is 10.7 Å². The van der Waals surface area contributed by atoms with E-state index in [2.05, 4.69) is 46.5 Å². The molecule has 0 aliphatic carbocycles. The van der Waals surface area contributed by atoms with E-state index in [1.807, 2.05) is 23.6 Å². The minimum atomic E-state index is -0.0388. The number of thiophene rings is 1. The van der Waals surface area contributed by atoms with Gasteiger partial charge in [0, 0.05) is 5.69 Å². The number of H-pyrrole nitrogens is 1. The Morgan fingerprint density at radius 1 is 1.20 bits per heavy atom. The third-order valence-electron chi connectivity index (χ3n) is 3.82. The van der Waals surface area contributed by atoms with Crippen molar-refractivity contribution in [3.05, 3.63) is 46.8 Å². The third kappa shape index (κ3) is 4.29. The highest BCUT2D eigenvalue weighted by atomic mass is 32.2. The average molecular weight is 373 g/mol. The lowest BCUT2D eigenvalue weighted by Crippen LogP contribution is -2.16. The van der Waals surface area contributed by atoms with Crippen molar-refractivity contribution < 1.29 is 4.79 Å². The Labute approximate surface area is 155 Å². The maximum Gasteiger partial charge on any atom is 0.234 e. The summed E-state index contributed by atoms with van der Waals surface area (Å²) in [5.74, 6) is 0.980. The molecule has 0 spiro atoms. The Balaban J connectivity index is 1.62. The smallest absolute Gasteiger partial charge is 0.234 e. The summed E-state index contributed by atoms with van der Waals surface area (Å²) in [7, 11) is 0. The van der Waals surface area contributed by atoms with Crippen molar-refractivity contribution in [3.63, 3.8) is 0 Å². The maximum absolute atomic E-state index is 12.4. The molecule has 0 fully saturated rings. The number of nitrogens with one attached hydrogen (secondary N) is 2. The summed E-state index contributed by atoms with van der Waals surface area (Å²) in [5, 5.41) is 12.7. The van der Waals surface area contributed by atoms with Crippen molar-refractivity contribution in [1.29, 1.82) is 0 Å². The van der Waals surface area contributed by atoms with Crippen LogP contribution >= 0.6 is 23.1 Å². The van der Waals surface area contributed by atoms with Crippen LogP contribution in [0.15, 0.2) is 40.9 Å². The first-order valence-electron chi connectivity index (χ1n) is 8.21. The van der Waals surface area contributed by atoms with Gasteiger partial charge in [-0.25, -0.2) is 4.98 Å². The Morgan fingerprint density at radius 3 is 2.60 bits per heavy atom. The summed E-state index contributed by atoms with van der Waals surface area (Å²) < 4.78 is 0. The average Bonchev–Trinajstić information content (AvgIpc) is 3.31. The number of amides is 1. The molecule has 0 unspecified atom stereocenters. The molecule has 3 aromatic rings. The summed E-state index contributed by atoms with van der Waals surface area (Å²) in [6.07, 6.45) is 1.78. The molecular formula is C18H20N4OS2. The van der Waals surface area contributed by atoms with Gasteiger partial charge in [-0.3, -0.25) is 9.89 Å². The number of nitrogens with zero attached hydrogens (tertiary/aromatic N) is 2. The van der Waals surface area contributed by atoms with Crippen LogP contribution in [0.25, 0.3) is 10.7 Å². The van der Waals surface area contributed by atoms with E-state index in [1.165, 1.54) is 11.8 Å². The molecule has 130 valence electrons. The summed E-state index contributed by atoms with van der Waals surface area (Å²) in [5.41, 5.74) is 3.28. The molecular weight excluding hydrogens is 352 g/mol. The first-order valence-corrected chi connectivity index (χ1v) is 10.1. The maximum atomic E-state index is 12.4. The van der Waals surface area contributed by atoms with Crippen LogP contribution in [-0.2, 0) is 17.6 Å². The highest BCUT2D eigenvalue weighted by Gasteiger charge is 2.12. The lowest BCUT2D eigenvalue weighted by Gasteiger charge is -2.14. The topological polar surface area (TPSA) is 70.7 Å². The second-order valence-corrected chi connectivity index (χ2v) is 7.33. The van der Waals surface area contributed by atoms with Gasteiger partial charge in [0.1, 0.15) is 0 Å². The van der Waals surface area contributed by atoms with Gasteiger partial charge in [0.25, 0.3) is 0 Å². The van der Waals surface area contributed by atoms with Gasteiger partial charge in [0.05, 0.1) is 10.6 Å². The quantitative estimate of drug-likeness (QED) is 0.604. The molecule has 0 aliphatic rings. The van der Waals surface area contributed by atoms with Crippen molar-refractivity contribution in [2.45, 2.75) is 31.8 Å². The van der Waals surface area contributed by atoms with E-state index in [0.717, 1.165) is 40.4 Å². The monoisotopic (exact) mass is 372 g/mol. The molecule has 0 aliphatic heterocycles. The molecule has 2 heterocycles. The molecule has 0 radical (unpaired) electrons. The second-order valence-electron chi connectivity index (χ2n) is 5.44. The van der Waals surface area contributed by atoms with Gasteiger partial charge in [-0.15, -0.1) is 16.4 Å². The fraction of sp³-hybridized carbons (Fsp3) is 0.278. The van der Waals surface area contributed by atoms with E-state index >= 15 is 0 Å². The van der Waals surface area contributed by atoms with E-state index in [0.29, 0.717) is 5.16 Å². The summed E-state index contributed by atoms with van der Waals surface area (Å²) in [4.78, 5) is 17.8. The number of aromatic amines is 1. The Bertz CT molecular complexity index is 820. The van der Waals surface area contributed by atoms with E-state index in [1.54, 1.807) is 11.3 Å². The molecule has 1 aromatic carbocycles. The zero-order valence-electron chi connectivity index (χ0n) is 14.2. The van der Waals surface area contributed by atoms with Gasteiger partial charge in [0.2, 0.25) is 11.1 Å². The molecule has 2 N–H and O–H groups in total. The van der Waals surface area contributed by atoms with Crippen LogP contribution in [0.2, 0.25) is 0 Å². The molecule has 3 rings (SSSR count). The van der Waals surface area contributed by atoms with Crippen molar-refractivity contribution in [2.75, 3.05) is 11.1 Å². The van der Waals surface area contributed by atoms with Crippen molar-refractivity contribution in [1.82, 2.24) is 15.2 Å². The minimum Gasteiger partial charge on any atom is -0.325 e. The van der Waals surface area contributed by atoms with E-state index in [4.69, 9.17) is 0 Å². The number of hydrogen-bond acceptors (Lipinski definition) is 5. The Kier molecular flexibility index (Phi) is 5.88. The Morgan fingerprint density at radius 2 is 1.96 bits per heavy atom. The lowest BCUT2D eigenvalue weighted by atomic mass is 10.0. The molecule has 1 amide bonds. The van der Waals surface area contributed by atoms with Gasteiger partial charge < -0.3 is 5.32 Å². The van der Waals surface area contributed by atoms with Crippen LogP contribution in [-0.4, -0.2) is 26.8 Å². The van der Waals surface area contributed by atoms with E-state index in [-0.39, 0.29) is 11.7 Å². The minimum absolute atomic E-state index is 0.0388. The van der Waals surface area contributed by atoms with Gasteiger partial charge in [0.15, 0.2) is 5.82 Å². The highest BCUT2D eigenvalue weighted by molar-refractivity contribution is 7.99. The SMILES string of the molecule is CCc1cccc(CC)c1NC(=O)CSc1n[nH]c(-c2cccs2)n1. The number of benzene rings is 1. The molecule has 0 saturated carbocycles. The number of carbonyl (C=O) groups is 1. The summed E-state index contributed by atoms with van der Waals surface area (Å²) in [6.45, 7) is 4.19. The fourth-order valence-electron chi connectivity index (χ4n) is 2.54. The number of rotatable bonds is 7. The van der Waals surface area contributed by atoms with Gasteiger partial charge in [-0.2, -0.15) is 0 Å². The van der Waals surface area contributed by atoms with Crippen LogP contribution in [0.5, 0.6) is 0 Å². The molecule has 0 atom stereocenters. The first-order chi connectivity index (χ1) is 12.2. The zero-order chi connectivity index (χ0) is 17.6. The predicted molar refractivity (Wildman–Crippen MR) is 104 cm³/mol. The number of anilines is 1. The van der Waals surface area contributed by atoms with Gasteiger partial charge >= 0.3 is 0 Å². The van der Waals surface area contributed by atoms with Crippen LogP contribution < -0.4 is 5.32 Å². The number of aromatic nitrogens is 3. The van der Waals surface area contributed by atoms with Crippen LogP contribution in [0.3, 0.4) is 0 Å². The largest absolute Gasteiger partial charge is 0.325 e. The van der Waals surface area contributed by atoms with Crippen LogP contribution in [0.4, 0.5) is 5.69 Å². The Hall–Kier alpha value is -2.12. The number of thioether (sulfide) groups is 1. The number of para-hydroxylation sites is 1. The number of hydrogen-bond donors (Lipinski definition) is 2. The zero-order valence-corrected chi connectivity index (χ0v) is 15.8. The predicted octanol–water partition coefficient (Wildman–Crippen LogP) is 4.39. The lowest BCUT2D eigenvalue weighted by molar-refractivity contribution is -0.113. The molecule has 5 nitrogen and oxygen atoms in total. The molecule has 0 saturated heterocycles. The number of carbonyl (C=O) groups excluding carboxylic acids is 1. The normalized spacial score (nSPS) is 10.8. The fourth-order valence-corrected chi connectivity index (χ4v) is 3.81. The molecule has 25 heavy (non-hydrogen) atoms. The second kappa shape index (κ2) is 8.31. The molecule has 2 aromatic heterocycles. The summed E-state index contributed by atoms with van der Waals surface area (Å²) in [6, 6.07) is 10.1. The third-order valence-corrected chi connectivity index (χ3v) is 5.54. The summed E-state index contributed by atoms with van der Waals surface area (Å²) >= 11 is 2.93. The van der Waals surface area contributed by atoms with E-state index in [9.17, 15) is 4.79 Å². The van der Waals surface area contributed by atoms with E-state index < -0.39 is 0 Å². The highest BCUT2D eigenvalue weighted by Crippen LogP contribution is 2.25. The van der Waals surface area contributed by atoms with Gasteiger partial charge in [-0.05, 0) is 35.4 Å². The standard InChI is InChI=1S/C18H20N4OS2/c1-3-12-7-5-8-13(4-2)16(12)19-15(23)11-25-18-20-17(21-22-18)14-9-6-10-24-14/h5-10H,3-4,11H2,1-2H3,(H,19,23)(H,20,21,22). The van der Waals surface area contributed by atoms with Gasteiger partial charge in [-0.1, -0.05) is 49.9 Å².